The Balaban J connectivity index is 1.96. The fourth-order valence-electron chi connectivity index (χ4n) is 1.33. The molecule has 1 amide bonds. The molecule has 0 saturated heterocycles. The molecule has 0 aliphatic heterocycles. The number of carbonyl (C=O) groups excluding carboxylic acids is 1. The summed E-state index contributed by atoms with van der Waals surface area (Å²) in [6, 6.07) is 7.75. The molecule has 0 atom stereocenters. The van der Waals surface area contributed by atoms with Gasteiger partial charge in [0.2, 0.25) is 0 Å². The molecule has 2 aromatic rings. The number of hydrogen-bond donors (Lipinski definition) is 2. The number of nitrogen functional groups attached to an aromatic ring is 1. The van der Waals surface area contributed by atoms with Crippen LogP contribution < -0.4 is 16.0 Å². The van der Waals surface area contributed by atoms with Crippen molar-refractivity contribution in [2.75, 3.05) is 0 Å². The zero-order valence-corrected chi connectivity index (χ0v) is 10.7. The Labute approximate surface area is 109 Å². The topological polar surface area (TPSA) is 77.2 Å². The molecule has 0 fully saturated rings. The third-order valence-corrected chi connectivity index (χ3v) is 3.26. The summed E-state index contributed by atoms with van der Waals surface area (Å²) in [4.78, 5) is 15.8. The summed E-state index contributed by atoms with van der Waals surface area (Å²) in [5.41, 5.74) is 3.24. The summed E-state index contributed by atoms with van der Waals surface area (Å²) in [5.74, 6) is 5.48. The van der Waals surface area contributed by atoms with Crippen LogP contribution in [-0.4, -0.2) is 10.9 Å². The van der Waals surface area contributed by atoms with E-state index >= 15 is 0 Å². The van der Waals surface area contributed by atoms with Gasteiger partial charge < -0.3 is 4.74 Å². The van der Waals surface area contributed by atoms with Crippen LogP contribution in [0.25, 0.3) is 0 Å². The van der Waals surface area contributed by atoms with Gasteiger partial charge in [-0.1, -0.05) is 17.7 Å². The van der Waals surface area contributed by atoms with Crippen LogP contribution in [0.3, 0.4) is 0 Å². The summed E-state index contributed by atoms with van der Waals surface area (Å²) < 4.78 is 5.56. The van der Waals surface area contributed by atoms with Gasteiger partial charge in [0.05, 0.1) is 6.20 Å². The fourth-order valence-corrected chi connectivity index (χ4v) is 2.07. The lowest BCUT2D eigenvalue weighted by molar-refractivity contribution is 0.0957. The van der Waals surface area contributed by atoms with Crippen molar-refractivity contribution in [3.05, 3.63) is 45.9 Å². The molecule has 2 rings (SSSR count). The van der Waals surface area contributed by atoms with Crippen LogP contribution in [-0.2, 0) is 6.61 Å². The highest BCUT2D eigenvalue weighted by Crippen LogP contribution is 2.17. The lowest BCUT2D eigenvalue weighted by atomic mass is 10.2. The van der Waals surface area contributed by atoms with Gasteiger partial charge in [0.1, 0.15) is 22.2 Å². The normalized spacial score (nSPS) is 10.1. The minimum absolute atomic E-state index is 0.339. The number of carbonyl (C=O) groups is 1. The summed E-state index contributed by atoms with van der Waals surface area (Å²) >= 11 is 1.26. The molecule has 0 aliphatic rings. The largest absolute Gasteiger partial charge is 0.486 e. The van der Waals surface area contributed by atoms with Crippen LogP contribution in [0.5, 0.6) is 5.75 Å². The van der Waals surface area contributed by atoms with E-state index in [2.05, 4.69) is 10.4 Å². The Bertz CT molecular complexity index is 537. The van der Waals surface area contributed by atoms with E-state index in [0.29, 0.717) is 11.5 Å². The number of nitrogens with zero attached hydrogens (tertiary/aromatic N) is 1. The standard InChI is InChI=1S/C12H13N3O2S/c1-8-2-4-9(5-3-8)17-7-11-14-6-10(18-11)12(16)15-13/h2-6H,7,13H2,1H3,(H,15,16). The zero-order chi connectivity index (χ0) is 13.0. The Morgan fingerprint density at radius 3 is 2.83 bits per heavy atom. The number of amides is 1. The summed E-state index contributed by atoms with van der Waals surface area (Å²) in [5, 5.41) is 0.731. The number of hydrazine groups is 1. The first kappa shape index (κ1) is 12.5. The first-order valence-electron chi connectivity index (χ1n) is 5.34. The predicted octanol–water partition coefficient (Wildman–Crippen LogP) is 1.63. The smallest absolute Gasteiger partial charge is 0.276 e. The van der Waals surface area contributed by atoms with Crippen LogP contribution in [0.4, 0.5) is 0 Å². The van der Waals surface area contributed by atoms with Gasteiger partial charge in [0.15, 0.2) is 0 Å². The van der Waals surface area contributed by atoms with Gasteiger partial charge in [-0.2, -0.15) is 0 Å². The number of thiazole rings is 1. The van der Waals surface area contributed by atoms with E-state index in [1.807, 2.05) is 31.2 Å². The van der Waals surface area contributed by atoms with Crippen molar-refractivity contribution in [1.29, 1.82) is 0 Å². The second-order valence-corrected chi connectivity index (χ2v) is 4.81. The molecule has 0 unspecified atom stereocenters. The van der Waals surface area contributed by atoms with Gasteiger partial charge in [-0.25, -0.2) is 10.8 Å². The van der Waals surface area contributed by atoms with Crippen molar-refractivity contribution in [1.82, 2.24) is 10.4 Å². The molecule has 0 aliphatic carbocycles. The van der Waals surface area contributed by atoms with Crippen molar-refractivity contribution in [3.63, 3.8) is 0 Å². The van der Waals surface area contributed by atoms with Gasteiger partial charge >= 0.3 is 0 Å². The number of aryl methyl sites for hydroxylation is 1. The molecule has 0 bridgehead atoms. The van der Waals surface area contributed by atoms with Gasteiger partial charge in [0, 0.05) is 0 Å². The maximum atomic E-state index is 11.2. The van der Waals surface area contributed by atoms with Crippen molar-refractivity contribution < 1.29 is 9.53 Å². The van der Waals surface area contributed by atoms with Crippen LogP contribution in [0.1, 0.15) is 20.2 Å². The van der Waals surface area contributed by atoms with Crippen LogP contribution in [0.15, 0.2) is 30.5 Å². The highest BCUT2D eigenvalue weighted by Gasteiger charge is 2.09. The van der Waals surface area contributed by atoms with Gasteiger partial charge in [-0.15, -0.1) is 11.3 Å². The summed E-state index contributed by atoms with van der Waals surface area (Å²) in [6.45, 7) is 2.36. The SMILES string of the molecule is Cc1ccc(OCc2ncc(C(=O)NN)s2)cc1. The monoisotopic (exact) mass is 263 g/mol. The van der Waals surface area contributed by atoms with Gasteiger partial charge in [0.25, 0.3) is 5.91 Å². The fraction of sp³-hybridized carbons (Fsp3) is 0.167. The molecule has 6 heteroatoms. The molecule has 0 spiro atoms. The lowest BCUT2D eigenvalue weighted by Crippen LogP contribution is -2.29. The van der Waals surface area contributed by atoms with E-state index in [1.54, 1.807) is 0 Å². The Morgan fingerprint density at radius 1 is 1.44 bits per heavy atom. The number of rotatable bonds is 4. The molecule has 1 aromatic heterocycles. The van der Waals surface area contributed by atoms with Crippen molar-refractivity contribution in [2.45, 2.75) is 13.5 Å². The van der Waals surface area contributed by atoms with Gasteiger partial charge in [-0.05, 0) is 19.1 Å². The van der Waals surface area contributed by atoms with E-state index in [0.717, 1.165) is 10.8 Å². The molecule has 0 radical (unpaired) electrons. The predicted molar refractivity (Wildman–Crippen MR) is 69.3 cm³/mol. The third kappa shape index (κ3) is 3.06. The van der Waals surface area contributed by atoms with E-state index in [4.69, 9.17) is 10.6 Å². The average Bonchev–Trinajstić information content (AvgIpc) is 2.86. The molecule has 3 N–H and O–H groups in total. The third-order valence-electron chi connectivity index (χ3n) is 2.29. The molecular formula is C12H13N3O2S. The summed E-state index contributed by atoms with van der Waals surface area (Å²) in [6.07, 6.45) is 1.49. The molecule has 5 nitrogen and oxygen atoms in total. The second kappa shape index (κ2) is 5.61. The highest BCUT2D eigenvalue weighted by atomic mass is 32.1. The molecule has 18 heavy (non-hydrogen) atoms. The van der Waals surface area contributed by atoms with E-state index < -0.39 is 0 Å². The van der Waals surface area contributed by atoms with Gasteiger partial charge in [-0.3, -0.25) is 10.2 Å². The van der Waals surface area contributed by atoms with Crippen LogP contribution in [0, 0.1) is 6.92 Å². The van der Waals surface area contributed by atoms with E-state index in [9.17, 15) is 4.79 Å². The second-order valence-electron chi connectivity index (χ2n) is 3.69. The summed E-state index contributed by atoms with van der Waals surface area (Å²) in [7, 11) is 0. The first-order valence-corrected chi connectivity index (χ1v) is 6.16. The van der Waals surface area contributed by atoms with Crippen LogP contribution in [0.2, 0.25) is 0 Å². The van der Waals surface area contributed by atoms with Crippen molar-refractivity contribution >= 4 is 17.2 Å². The maximum absolute atomic E-state index is 11.2. The number of nitrogens with one attached hydrogen (secondary N) is 1. The highest BCUT2D eigenvalue weighted by molar-refractivity contribution is 7.13. The quantitative estimate of drug-likeness (QED) is 0.499. The Morgan fingerprint density at radius 2 is 2.17 bits per heavy atom. The van der Waals surface area contributed by atoms with Crippen LogP contribution >= 0.6 is 11.3 Å². The van der Waals surface area contributed by atoms with E-state index in [1.165, 1.54) is 23.1 Å². The van der Waals surface area contributed by atoms with Crippen molar-refractivity contribution in [2.24, 2.45) is 5.84 Å². The van der Waals surface area contributed by atoms with E-state index in [-0.39, 0.29) is 5.91 Å². The number of ether oxygens (including phenoxy) is 1. The first-order chi connectivity index (χ1) is 8.69. The number of nitrogens with two attached hydrogens (primary N) is 1. The average molecular weight is 263 g/mol. The Hall–Kier alpha value is -1.92. The maximum Gasteiger partial charge on any atom is 0.276 e. The molecule has 1 heterocycles. The minimum atomic E-state index is -0.339. The lowest BCUT2D eigenvalue weighted by Gasteiger charge is -2.03. The zero-order valence-electron chi connectivity index (χ0n) is 9.84. The molecular weight excluding hydrogens is 250 g/mol. The van der Waals surface area contributed by atoms with Crippen molar-refractivity contribution in [3.8, 4) is 5.75 Å². The molecule has 0 saturated carbocycles. The number of aromatic nitrogens is 1. The molecule has 1 aromatic carbocycles. The number of hydrogen-bond acceptors (Lipinski definition) is 5. The molecule has 94 valence electrons. The Kier molecular flexibility index (Phi) is 3.91. The number of benzene rings is 1. The minimum Gasteiger partial charge on any atom is -0.486 e.